The van der Waals surface area contributed by atoms with Crippen LogP contribution in [0.3, 0.4) is 0 Å². The average Bonchev–Trinajstić information content (AvgIpc) is 3.44. The summed E-state index contributed by atoms with van der Waals surface area (Å²) in [6, 6.07) is 3.58. The monoisotopic (exact) mass is 791 g/mol. The average molecular weight is 792 g/mol. The predicted molar refractivity (Wildman–Crippen MR) is 197 cm³/mol. The van der Waals surface area contributed by atoms with Crippen LogP contribution < -0.4 is 32.3 Å². The van der Waals surface area contributed by atoms with Crippen LogP contribution in [-0.2, 0) is 59.2 Å². The molecule has 0 bridgehead atoms. The lowest BCUT2D eigenvalue weighted by atomic mass is 10.0. The number of urea groups is 1. The molecule has 8 amide bonds. The predicted octanol–water partition coefficient (Wildman–Crippen LogP) is 0.714. The standard InChI is InChI=1S/C36H53N7O13/c1-22(2)31(41-27(45)14-17-53-19-20-54-18-15-30(48)56-43-28(46)12-13-29(43)47)33(50)40-26(7-6-16-38-34(37)51)32(49)39-25-10-8-24(9-11-25)21-55-35(52)42-36(4,5)23(3)44/h8-11,22,26,31H,6-7,12-21H2,1-5H3,(H,39,49)(H,40,50)(H,41,45)(H,42,52)(H3,37,38,51)/t26-,31-/m0/s1. The minimum absolute atomic E-state index is 0.00307. The number of primary amides is 1. The number of carbonyl (C=O) groups excluding carboxylic acids is 9. The van der Waals surface area contributed by atoms with Gasteiger partial charge in [-0.25, -0.2) is 14.4 Å². The van der Waals surface area contributed by atoms with Gasteiger partial charge in [0.15, 0.2) is 5.78 Å². The molecular weight excluding hydrogens is 738 g/mol. The number of anilines is 1. The maximum absolute atomic E-state index is 13.4. The smallest absolute Gasteiger partial charge is 0.408 e. The molecule has 7 N–H and O–H groups in total. The van der Waals surface area contributed by atoms with Crippen LogP contribution >= 0.6 is 0 Å². The van der Waals surface area contributed by atoms with Gasteiger partial charge in [-0.15, -0.1) is 5.06 Å². The van der Waals surface area contributed by atoms with E-state index in [4.69, 9.17) is 24.8 Å². The molecule has 1 fully saturated rings. The van der Waals surface area contributed by atoms with Crippen molar-refractivity contribution >= 4 is 59.1 Å². The van der Waals surface area contributed by atoms with E-state index in [1.54, 1.807) is 52.0 Å². The Balaban J connectivity index is 1.84. The SMILES string of the molecule is CC(=O)C(C)(C)NC(=O)OCc1ccc(NC(=O)[C@H](CCCNC(N)=O)NC(=O)[C@@H](NC(=O)CCOCCOCCC(=O)ON2C(=O)CCC2=O)C(C)C)cc1. The number of benzene rings is 1. The number of ether oxygens (including phenoxy) is 3. The molecule has 20 heteroatoms. The van der Waals surface area contributed by atoms with E-state index >= 15 is 0 Å². The maximum Gasteiger partial charge on any atom is 0.408 e. The quantitative estimate of drug-likeness (QED) is 0.0623. The Hall–Kier alpha value is -5.63. The third kappa shape index (κ3) is 17.2. The highest BCUT2D eigenvalue weighted by molar-refractivity contribution is 6.01. The van der Waals surface area contributed by atoms with E-state index in [9.17, 15) is 43.2 Å². The fourth-order valence-electron chi connectivity index (χ4n) is 4.72. The number of rotatable bonds is 24. The van der Waals surface area contributed by atoms with Gasteiger partial charge in [0, 0.05) is 31.5 Å². The lowest BCUT2D eigenvalue weighted by Crippen LogP contribution is -2.54. The summed E-state index contributed by atoms with van der Waals surface area (Å²) in [6.07, 6.45) is -0.673. The highest BCUT2D eigenvalue weighted by Gasteiger charge is 2.33. The third-order valence-electron chi connectivity index (χ3n) is 8.25. The zero-order chi connectivity index (χ0) is 41.8. The summed E-state index contributed by atoms with van der Waals surface area (Å²) >= 11 is 0. The Labute approximate surface area is 324 Å². The van der Waals surface area contributed by atoms with Gasteiger partial charge in [-0.3, -0.25) is 28.8 Å². The van der Waals surface area contributed by atoms with E-state index in [0.29, 0.717) is 16.3 Å². The summed E-state index contributed by atoms with van der Waals surface area (Å²) in [5.41, 5.74) is 5.03. The van der Waals surface area contributed by atoms with Gasteiger partial charge in [0.05, 0.1) is 38.4 Å². The lowest BCUT2D eigenvalue weighted by Gasteiger charge is -2.25. The molecule has 0 radical (unpaired) electrons. The van der Waals surface area contributed by atoms with Crippen LogP contribution in [0.25, 0.3) is 0 Å². The molecule has 1 heterocycles. The van der Waals surface area contributed by atoms with Crippen LogP contribution in [-0.4, -0.2) is 109 Å². The van der Waals surface area contributed by atoms with Crippen molar-refractivity contribution in [3.8, 4) is 0 Å². The van der Waals surface area contributed by atoms with Crippen LogP contribution in [0.1, 0.15) is 78.7 Å². The van der Waals surface area contributed by atoms with Crippen molar-refractivity contribution in [1.29, 1.82) is 0 Å². The van der Waals surface area contributed by atoms with Gasteiger partial charge < -0.3 is 51.4 Å². The van der Waals surface area contributed by atoms with Gasteiger partial charge in [0.1, 0.15) is 18.7 Å². The third-order valence-corrected chi connectivity index (χ3v) is 8.25. The largest absolute Gasteiger partial charge is 0.445 e. The second-order valence-electron chi connectivity index (χ2n) is 13.6. The van der Waals surface area contributed by atoms with Crippen molar-refractivity contribution in [2.24, 2.45) is 11.7 Å². The highest BCUT2D eigenvalue weighted by atomic mass is 16.7. The van der Waals surface area contributed by atoms with E-state index in [2.05, 4.69) is 26.6 Å². The van der Waals surface area contributed by atoms with Gasteiger partial charge in [-0.05, 0) is 57.2 Å². The molecule has 0 aliphatic carbocycles. The van der Waals surface area contributed by atoms with E-state index in [1.807, 2.05) is 0 Å². The molecule has 2 atom stereocenters. The summed E-state index contributed by atoms with van der Waals surface area (Å²) in [6.45, 7) is 8.08. The van der Waals surface area contributed by atoms with Crippen LogP contribution in [0.4, 0.5) is 15.3 Å². The summed E-state index contributed by atoms with van der Waals surface area (Å²) in [7, 11) is 0. The van der Waals surface area contributed by atoms with E-state index in [-0.39, 0.29) is 89.8 Å². The molecule has 2 rings (SSSR count). The molecule has 56 heavy (non-hydrogen) atoms. The number of ketones is 1. The Morgan fingerprint density at radius 3 is 2.04 bits per heavy atom. The first kappa shape index (κ1) is 46.5. The Morgan fingerprint density at radius 2 is 1.46 bits per heavy atom. The number of nitrogens with zero attached hydrogens (tertiary/aromatic N) is 1. The molecule has 1 saturated heterocycles. The van der Waals surface area contributed by atoms with Gasteiger partial charge in [0.25, 0.3) is 11.8 Å². The fourth-order valence-corrected chi connectivity index (χ4v) is 4.72. The lowest BCUT2D eigenvalue weighted by molar-refractivity contribution is -0.198. The highest BCUT2D eigenvalue weighted by Crippen LogP contribution is 2.14. The molecule has 310 valence electrons. The molecule has 0 aromatic heterocycles. The molecule has 1 aromatic rings. The van der Waals surface area contributed by atoms with Crippen LogP contribution in [0.15, 0.2) is 24.3 Å². The molecular formula is C36H53N7O13. The zero-order valence-electron chi connectivity index (χ0n) is 32.4. The summed E-state index contributed by atoms with van der Waals surface area (Å²) in [5.74, 6) is -4.21. The number of nitrogens with two attached hydrogens (primary N) is 1. The fraction of sp³-hybridized carbons (Fsp3) is 0.583. The summed E-state index contributed by atoms with van der Waals surface area (Å²) < 4.78 is 15.9. The minimum atomic E-state index is -1.09. The summed E-state index contributed by atoms with van der Waals surface area (Å²) in [5, 5.41) is 13.5. The molecule has 0 spiro atoms. The number of carbonyl (C=O) groups is 9. The molecule has 1 aromatic carbocycles. The summed E-state index contributed by atoms with van der Waals surface area (Å²) in [4.78, 5) is 114. The first-order valence-corrected chi connectivity index (χ1v) is 18.1. The maximum atomic E-state index is 13.4. The van der Waals surface area contributed by atoms with Crippen molar-refractivity contribution < 1.29 is 62.2 Å². The molecule has 0 saturated carbocycles. The molecule has 0 unspecified atom stereocenters. The Kier molecular flexibility index (Phi) is 19.4. The first-order chi connectivity index (χ1) is 26.4. The van der Waals surface area contributed by atoms with Crippen molar-refractivity contribution in [1.82, 2.24) is 26.3 Å². The minimum Gasteiger partial charge on any atom is -0.445 e. The number of alkyl carbamates (subject to hydrolysis) is 1. The first-order valence-electron chi connectivity index (χ1n) is 18.1. The Morgan fingerprint density at radius 1 is 0.857 bits per heavy atom. The Bertz CT molecular complexity index is 1550. The number of Topliss-reactive ketones (excluding diaryl/α,β-unsaturated/α-hetero) is 1. The van der Waals surface area contributed by atoms with Gasteiger partial charge >= 0.3 is 18.1 Å². The van der Waals surface area contributed by atoms with Crippen LogP contribution in [0.5, 0.6) is 0 Å². The van der Waals surface area contributed by atoms with Gasteiger partial charge in [-0.1, -0.05) is 26.0 Å². The number of imide groups is 1. The molecule has 1 aliphatic heterocycles. The number of hydrogen-bond acceptors (Lipinski definition) is 13. The van der Waals surface area contributed by atoms with Gasteiger partial charge in [0.2, 0.25) is 17.7 Å². The van der Waals surface area contributed by atoms with Crippen LogP contribution in [0.2, 0.25) is 0 Å². The number of nitrogens with one attached hydrogen (secondary N) is 5. The van der Waals surface area contributed by atoms with Gasteiger partial charge in [-0.2, -0.15) is 0 Å². The van der Waals surface area contributed by atoms with Crippen molar-refractivity contribution in [3.63, 3.8) is 0 Å². The number of amides is 8. The molecule has 20 nitrogen and oxygen atoms in total. The van der Waals surface area contributed by atoms with Crippen molar-refractivity contribution in [2.75, 3.05) is 38.3 Å². The van der Waals surface area contributed by atoms with E-state index in [1.165, 1.54) is 6.92 Å². The topological polar surface area (TPSA) is 280 Å². The van der Waals surface area contributed by atoms with Crippen LogP contribution in [0, 0.1) is 5.92 Å². The number of hydroxylamine groups is 2. The zero-order valence-corrected chi connectivity index (χ0v) is 32.4. The number of hydrogen-bond donors (Lipinski definition) is 6. The second-order valence-corrected chi connectivity index (χ2v) is 13.6. The van der Waals surface area contributed by atoms with E-state index < -0.39 is 65.3 Å². The van der Waals surface area contributed by atoms with Crippen molar-refractivity contribution in [2.45, 2.75) is 97.4 Å². The van der Waals surface area contributed by atoms with E-state index in [0.717, 1.165) is 0 Å². The van der Waals surface area contributed by atoms with Crippen molar-refractivity contribution in [3.05, 3.63) is 29.8 Å². The second kappa shape index (κ2) is 23.3. The normalized spacial score (nSPS) is 13.7. The molecule has 1 aliphatic rings.